The first-order chi connectivity index (χ1) is 7.29. The monoisotopic (exact) mass is 250 g/mol. The van der Waals surface area contributed by atoms with Gasteiger partial charge in [0.15, 0.2) is 0 Å². The fraction of sp³-hybridized carbons (Fsp3) is 0.750. The lowest BCUT2D eigenvalue weighted by Crippen LogP contribution is -2.71. The van der Waals surface area contributed by atoms with E-state index in [1.165, 1.54) is 0 Å². The van der Waals surface area contributed by atoms with Crippen molar-refractivity contribution in [2.24, 2.45) is 5.73 Å². The second-order valence-corrected chi connectivity index (χ2v) is 5.53. The molecular weight excluding hydrogens is 235 g/mol. The van der Waals surface area contributed by atoms with Crippen LogP contribution in [0.3, 0.4) is 0 Å². The molecule has 3 aliphatic heterocycles. The van der Waals surface area contributed by atoms with Crippen LogP contribution in [0.5, 0.6) is 0 Å². The molecule has 3 rings (SSSR count). The Kier molecular flexibility index (Phi) is 2.66. The minimum atomic E-state index is -4.46. The molecule has 5 N–H and O–H groups in total. The molecule has 1 saturated heterocycles. The highest BCUT2D eigenvalue weighted by Crippen LogP contribution is 2.48. The SMILES string of the molecule is CC12CC(CN)(O1)C(COP(=O)(O)O)=CN2. The van der Waals surface area contributed by atoms with Crippen molar-refractivity contribution in [2.45, 2.75) is 24.7 Å². The zero-order valence-corrected chi connectivity index (χ0v) is 9.74. The zero-order valence-electron chi connectivity index (χ0n) is 8.84. The molecule has 8 heteroatoms. The van der Waals surface area contributed by atoms with Gasteiger partial charge in [0.25, 0.3) is 0 Å². The summed E-state index contributed by atoms with van der Waals surface area (Å²) in [4.78, 5) is 17.2. The highest BCUT2D eigenvalue weighted by Gasteiger charge is 2.57. The summed E-state index contributed by atoms with van der Waals surface area (Å²) in [5.74, 6) is 0. The van der Waals surface area contributed by atoms with Gasteiger partial charge in [0, 0.05) is 24.7 Å². The van der Waals surface area contributed by atoms with Crippen molar-refractivity contribution in [3.63, 3.8) is 0 Å². The molecule has 16 heavy (non-hydrogen) atoms. The van der Waals surface area contributed by atoms with E-state index >= 15 is 0 Å². The molecule has 7 nitrogen and oxygen atoms in total. The second kappa shape index (κ2) is 3.53. The molecule has 0 saturated carbocycles. The van der Waals surface area contributed by atoms with Crippen LogP contribution in [-0.2, 0) is 13.8 Å². The van der Waals surface area contributed by atoms with Gasteiger partial charge in [0.2, 0.25) is 0 Å². The molecule has 3 aliphatic rings. The quantitative estimate of drug-likeness (QED) is 0.493. The number of phosphoric ester groups is 1. The van der Waals surface area contributed by atoms with Gasteiger partial charge in [-0.2, -0.15) is 0 Å². The van der Waals surface area contributed by atoms with Crippen LogP contribution in [0.1, 0.15) is 13.3 Å². The van der Waals surface area contributed by atoms with E-state index in [0.29, 0.717) is 12.0 Å². The normalized spacial score (nSPS) is 37.4. The Morgan fingerprint density at radius 3 is 2.88 bits per heavy atom. The Hall–Kier alpha value is -0.430. The standard InChI is InChI=1S/C8H15N2O5P/c1-7-4-8(5-9,15-7)6(2-10-7)3-14-16(11,12)13/h2,10H,3-5,9H2,1H3,(H2,11,12,13). The van der Waals surface area contributed by atoms with Gasteiger partial charge in [-0.05, 0) is 6.92 Å². The first-order valence-corrected chi connectivity index (χ1v) is 6.39. The van der Waals surface area contributed by atoms with Crippen LogP contribution in [0.25, 0.3) is 0 Å². The first-order valence-electron chi connectivity index (χ1n) is 4.86. The van der Waals surface area contributed by atoms with E-state index in [2.05, 4.69) is 9.84 Å². The van der Waals surface area contributed by atoms with Crippen LogP contribution in [-0.4, -0.2) is 34.3 Å². The molecule has 0 amide bonds. The number of rotatable bonds is 4. The van der Waals surface area contributed by atoms with Crippen LogP contribution in [0.4, 0.5) is 0 Å². The Morgan fingerprint density at radius 2 is 2.38 bits per heavy atom. The maximum Gasteiger partial charge on any atom is 0.469 e. The molecule has 0 aromatic rings. The zero-order chi connectivity index (χ0) is 12.0. The molecular formula is C8H15N2O5P. The lowest BCUT2D eigenvalue weighted by atomic mass is 9.77. The topological polar surface area (TPSA) is 114 Å². The smallest absolute Gasteiger partial charge is 0.364 e. The van der Waals surface area contributed by atoms with E-state index in [-0.39, 0.29) is 13.2 Å². The van der Waals surface area contributed by atoms with Gasteiger partial charge in [-0.1, -0.05) is 0 Å². The van der Waals surface area contributed by atoms with Crippen LogP contribution in [0.15, 0.2) is 11.8 Å². The van der Waals surface area contributed by atoms with Gasteiger partial charge in [-0.15, -0.1) is 0 Å². The summed E-state index contributed by atoms with van der Waals surface area (Å²) in [6.45, 7) is 1.96. The van der Waals surface area contributed by atoms with Gasteiger partial charge >= 0.3 is 7.82 Å². The summed E-state index contributed by atoms with van der Waals surface area (Å²) in [6.07, 6.45) is 2.34. The molecule has 2 atom stereocenters. The number of nitrogens with two attached hydrogens (primary N) is 1. The van der Waals surface area contributed by atoms with Crippen molar-refractivity contribution in [1.82, 2.24) is 5.32 Å². The summed E-state index contributed by atoms with van der Waals surface area (Å²) >= 11 is 0. The maximum absolute atomic E-state index is 10.6. The third-order valence-electron chi connectivity index (χ3n) is 2.90. The van der Waals surface area contributed by atoms with Crippen LogP contribution in [0.2, 0.25) is 0 Å². The summed E-state index contributed by atoms with van der Waals surface area (Å²) in [5.41, 5.74) is 5.21. The van der Waals surface area contributed by atoms with Crippen molar-refractivity contribution >= 4 is 7.82 Å². The number of hydrogen-bond acceptors (Lipinski definition) is 5. The molecule has 2 unspecified atom stereocenters. The Bertz CT molecular complexity index is 371. The van der Waals surface area contributed by atoms with Crippen LogP contribution in [0, 0.1) is 0 Å². The third-order valence-corrected chi connectivity index (χ3v) is 3.36. The number of phosphoric acid groups is 1. The molecule has 0 spiro atoms. The Labute approximate surface area is 92.8 Å². The van der Waals surface area contributed by atoms with Gasteiger partial charge in [0.1, 0.15) is 11.3 Å². The molecule has 0 aliphatic carbocycles. The van der Waals surface area contributed by atoms with Gasteiger partial charge < -0.3 is 25.6 Å². The first kappa shape index (κ1) is 12.0. The van der Waals surface area contributed by atoms with Crippen LogP contribution < -0.4 is 11.1 Å². The second-order valence-electron chi connectivity index (χ2n) is 4.29. The van der Waals surface area contributed by atoms with Crippen molar-refractivity contribution in [2.75, 3.05) is 13.2 Å². The predicted octanol–water partition coefficient (Wildman–Crippen LogP) is -0.583. The molecule has 3 heterocycles. The van der Waals surface area contributed by atoms with Crippen molar-refractivity contribution in [3.05, 3.63) is 11.8 Å². The summed E-state index contributed by atoms with van der Waals surface area (Å²) in [5, 5.41) is 3.00. The number of ether oxygens (including phenoxy) is 1. The van der Waals surface area contributed by atoms with Gasteiger partial charge in [-0.25, -0.2) is 4.57 Å². The fourth-order valence-electron chi connectivity index (χ4n) is 2.17. The molecule has 2 bridgehead atoms. The van der Waals surface area contributed by atoms with E-state index in [1.54, 1.807) is 6.20 Å². The summed E-state index contributed by atoms with van der Waals surface area (Å²) < 4.78 is 20.7. The van der Waals surface area contributed by atoms with Crippen molar-refractivity contribution < 1.29 is 23.6 Å². The average molecular weight is 250 g/mol. The minimum Gasteiger partial charge on any atom is -0.364 e. The lowest BCUT2D eigenvalue weighted by Gasteiger charge is -2.58. The molecule has 0 aromatic carbocycles. The number of fused-ring (bicyclic) bond motifs is 1. The summed E-state index contributed by atoms with van der Waals surface area (Å²) in [6, 6.07) is 0. The van der Waals surface area contributed by atoms with Gasteiger partial charge in [-0.3, -0.25) is 4.52 Å². The molecule has 0 radical (unpaired) electrons. The van der Waals surface area contributed by atoms with Gasteiger partial charge in [0.05, 0.1) is 6.61 Å². The summed E-state index contributed by atoms with van der Waals surface area (Å²) in [7, 11) is -4.46. The Morgan fingerprint density at radius 1 is 1.75 bits per heavy atom. The Balaban J connectivity index is 2.07. The largest absolute Gasteiger partial charge is 0.469 e. The van der Waals surface area contributed by atoms with Crippen LogP contribution >= 0.6 is 7.82 Å². The number of nitrogens with one attached hydrogen (secondary N) is 1. The van der Waals surface area contributed by atoms with E-state index in [1.807, 2.05) is 6.92 Å². The van der Waals surface area contributed by atoms with Crippen molar-refractivity contribution in [3.8, 4) is 0 Å². The molecule has 0 aromatic heterocycles. The molecule has 92 valence electrons. The minimum absolute atomic E-state index is 0.190. The fourth-order valence-corrected chi connectivity index (χ4v) is 2.48. The van der Waals surface area contributed by atoms with E-state index in [4.69, 9.17) is 20.3 Å². The van der Waals surface area contributed by atoms with E-state index in [0.717, 1.165) is 0 Å². The van der Waals surface area contributed by atoms with E-state index in [9.17, 15) is 4.57 Å². The van der Waals surface area contributed by atoms with Crippen molar-refractivity contribution in [1.29, 1.82) is 0 Å². The highest BCUT2D eigenvalue weighted by molar-refractivity contribution is 7.46. The maximum atomic E-state index is 10.6. The molecule has 1 fully saturated rings. The third kappa shape index (κ3) is 2.02. The lowest BCUT2D eigenvalue weighted by molar-refractivity contribution is -0.262. The van der Waals surface area contributed by atoms with E-state index < -0.39 is 19.1 Å². The average Bonchev–Trinajstić information content (AvgIpc) is 2.13. The highest BCUT2D eigenvalue weighted by atomic mass is 31.2. The predicted molar refractivity (Wildman–Crippen MR) is 55.1 cm³/mol. The number of hydrogen-bond donors (Lipinski definition) is 4.